The van der Waals surface area contributed by atoms with E-state index in [-0.39, 0.29) is 24.0 Å². The van der Waals surface area contributed by atoms with Crippen LogP contribution in [0.25, 0.3) is 31.9 Å². The van der Waals surface area contributed by atoms with Crippen molar-refractivity contribution in [1.29, 1.82) is 0 Å². The number of rotatable bonds is 11. The van der Waals surface area contributed by atoms with Gasteiger partial charge >= 0.3 is 0 Å². The number of aromatic nitrogens is 1. The van der Waals surface area contributed by atoms with Crippen molar-refractivity contribution in [2.45, 2.75) is 44.7 Å². The summed E-state index contributed by atoms with van der Waals surface area (Å²) < 4.78 is 12.3. The lowest BCUT2D eigenvalue weighted by molar-refractivity contribution is -0.137. The number of hydrogen-bond donors (Lipinski definition) is 1. The minimum atomic E-state index is -0.650. The van der Waals surface area contributed by atoms with Gasteiger partial charge in [-0.3, -0.25) is 24.5 Å². The summed E-state index contributed by atoms with van der Waals surface area (Å²) in [5.41, 5.74) is 6.48. The maximum Gasteiger partial charge on any atom is 0.255 e. The smallest absolute Gasteiger partial charge is 0.255 e. The van der Waals surface area contributed by atoms with E-state index < -0.39 is 11.9 Å². The molecule has 1 fully saturated rings. The molecular weight excluding hydrogens is 627 g/mol. The fraction of sp³-hybridized carbons (Fsp3) is 0.237. The van der Waals surface area contributed by atoms with Gasteiger partial charge in [0.05, 0.1) is 23.9 Å². The largest absolute Gasteiger partial charge is 0.497 e. The molecule has 0 radical (unpaired) electrons. The summed E-state index contributed by atoms with van der Waals surface area (Å²) in [7, 11) is 1.66. The number of thiazole rings is 1. The molecule has 10 heteroatoms. The number of ketones is 1. The molecule has 1 atom stereocenters. The second-order valence-corrected chi connectivity index (χ2v) is 13.0. The summed E-state index contributed by atoms with van der Waals surface area (Å²) in [5.74, 6) is 0.618. The lowest BCUT2D eigenvalue weighted by Crippen LogP contribution is -2.52. The third kappa shape index (κ3) is 6.57. The van der Waals surface area contributed by atoms with Crippen molar-refractivity contribution < 1.29 is 28.7 Å². The Labute approximate surface area is 281 Å². The van der Waals surface area contributed by atoms with E-state index in [0.29, 0.717) is 50.1 Å². The number of hydrogen-bond acceptors (Lipinski definition) is 8. The van der Waals surface area contributed by atoms with Crippen LogP contribution in [0.2, 0.25) is 0 Å². The van der Waals surface area contributed by atoms with Crippen LogP contribution in [0, 0.1) is 0 Å². The number of fused-ring (bicyclic) bond motifs is 2. The standard InChI is InChI=1S/C38H33N3O6S/c1-46-29-13-15-32-34(21-29)48-37(39-32)26-10-8-25(9-11-26)24-6-4-23(5-7-24)19-28(42)3-2-18-47-30-12-14-31-27(20-30)22-41(38(31)45)33-16-17-35(43)40-36(33)44/h4-15,20-21,33H,2-3,16-19,22H2,1H3,(H,40,43,44). The zero-order valence-corrected chi connectivity index (χ0v) is 27.2. The minimum Gasteiger partial charge on any atom is -0.497 e. The number of Topliss-reactive ketones (excluding diaryl/α,β-unsaturated/α-hetero) is 1. The van der Waals surface area contributed by atoms with Gasteiger partial charge in [0.1, 0.15) is 28.3 Å². The van der Waals surface area contributed by atoms with Crippen LogP contribution in [0.5, 0.6) is 11.5 Å². The summed E-state index contributed by atoms with van der Waals surface area (Å²) >= 11 is 1.64. The molecule has 5 aromatic rings. The summed E-state index contributed by atoms with van der Waals surface area (Å²) in [4.78, 5) is 55.7. The molecule has 48 heavy (non-hydrogen) atoms. The monoisotopic (exact) mass is 659 g/mol. The number of nitrogens with zero attached hydrogens (tertiary/aromatic N) is 2. The molecule has 3 amide bonds. The zero-order chi connectivity index (χ0) is 33.2. The first-order valence-electron chi connectivity index (χ1n) is 15.9. The molecule has 242 valence electrons. The maximum absolute atomic E-state index is 12.9. The SMILES string of the molecule is COc1ccc2nc(-c3ccc(-c4ccc(CC(=O)CCCOc5ccc6c(c5)CN(C5CCC(=O)NC5=O)C6=O)cc4)cc3)sc2c1. The van der Waals surface area contributed by atoms with E-state index >= 15 is 0 Å². The molecule has 3 heterocycles. The van der Waals surface area contributed by atoms with Gasteiger partial charge in [0.15, 0.2) is 0 Å². The highest BCUT2D eigenvalue weighted by molar-refractivity contribution is 7.21. The van der Waals surface area contributed by atoms with E-state index in [4.69, 9.17) is 14.5 Å². The van der Waals surface area contributed by atoms with Crippen molar-refractivity contribution in [2.75, 3.05) is 13.7 Å². The first kappa shape index (κ1) is 31.3. The van der Waals surface area contributed by atoms with Crippen molar-refractivity contribution in [2.24, 2.45) is 0 Å². The van der Waals surface area contributed by atoms with Crippen LogP contribution >= 0.6 is 11.3 Å². The van der Waals surface area contributed by atoms with E-state index in [9.17, 15) is 19.2 Å². The number of amides is 3. The fourth-order valence-corrected chi connectivity index (χ4v) is 7.19. The van der Waals surface area contributed by atoms with Crippen molar-refractivity contribution in [3.63, 3.8) is 0 Å². The molecule has 1 aromatic heterocycles. The van der Waals surface area contributed by atoms with Gasteiger partial charge in [-0.25, -0.2) is 4.98 Å². The van der Waals surface area contributed by atoms with Crippen molar-refractivity contribution in [1.82, 2.24) is 15.2 Å². The third-order valence-corrected chi connectivity index (χ3v) is 9.85. The predicted molar refractivity (Wildman–Crippen MR) is 183 cm³/mol. The fourth-order valence-electron chi connectivity index (χ4n) is 6.19. The molecule has 1 unspecified atom stereocenters. The van der Waals surface area contributed by atoms with Crippen molar-refractivity contribution in [3.8, 4) is 33.2 Å². The Bertz CT molecular complexity index is 2040. The number of carbonyl (C=O) groups excluding carboxylic acids is 4. The average molecular weight is 660 g/mol. The van der Waals surface area contributed by atoms with Gasteiger partial charge in [0, 0.05) is 36.9 Å². The molecule has 2 aliphatic rings. The molecule has 0 bridgehead atoms. The molecule has 4 aromatic carbocycles. The molecule has 0 saturated carbocycles. The summed E-state index contributed by atoms with van der Waals surface area (Å²) in [6.07, 6.45) is 1.87. The second-order valence-electron chi connectivity index (χ2n) is 12.0. The van der Waals surface area contributed by atoms with Crippen LogP contribution in [0.3, 0.4) is 0 Å². The number of carbonyl (C=O) groups is 4. The first-order chi connectivity index (χ1) is 23.3. The molecule has 0 aliphatic carbocycles. The van der Waals surface area contributed by atoms with Gasteiger partial charge in [-0.2, -0.15) is 0 Å². The molecule has 0 spiro atoms. The number of methoxy groups -OCH3 is 1. The lowest BCUT2D eigenvalue weighted by atomic mass is 10.00. The molecule has 1 N–H and O–H groups in total. The van der Waals surface area contributed by atoms with Crippen LogP contribution in [-0.2, 0) is 27.3 Å². The van der Waals surface area contributed by atoms with Gasteiger partial charge in [-0.15, -0.1) is 11.3 Å². The Morgan fingerprint density at radius 3 is 2.40 bits per heavy atom. The normalized spacial score (nSPS) is 15.8. The summed E-state index contributed by atoms with van der Waals surface area (Å²) in [6, 6.07) is 27.0. The number of piperidine rings is 1. The highest BCUT2D eigenvalue weighted by Gasteiger charge is 2.39. The zero-order valence-electron chi connectivity index (χ0n) is 26.4. The van der Waals surface area contributed by atoms with Crippen LogP contribution < -0.4 is 14.8 Å². The Morgan fingerprint density at radius 2 is 1.65 bits per heavy atom. The number of benzene rings is 4. The molecular formula is C38H33N3O6S. The Balaban J connectivity index is 0.876. The van der Waals surface area contributed by atoms with Crippen LogP contribution in [0.15, 0.2) is 84.9 Å². The number of ether oxygens (including phenoxy) is 2. The maximum atomic E-state index is 12.9. The Hall–Kier alpha value is -5.35. The highest BCUT2D eigenvalue weighted by atomic mass is 32.1. The quantitative estimate of drug-likeness (QED) is 0.129. The molecule has 1 saturated heterocycles. The van der Waals surface area contributed by atoms with E-state index in [1.54, 1.807) is 30.6 Å². The Morgan fingerprint density at radius 1 is 0.917 bits per heavy atom. The second kappa shape index (κ2) is 13.4. The molecule has 7 rings (SSSR count). The van der Waals surface area contributed by atoms with Gasteiger partial charge in [-0.05, 0) is 71.5 Å². The van der Waals surface area contributed by atoms with Gasteiger partial charge in [0.2, 0.25) is 11.8 Å². The topological polar surface area (TPSA) is 115 Å². The lowest BCUT2D eigenvalue weighted by Gasteiger charge is -2.29. The summed E-state index contributed by atoms with van der Waals surface area (Å²) in [5, 5.41) is 3.28. The van der Waals surface area contributed by atoms with Crippen molar-refractivity contribution >= 4 is 45.1 Å². The van der Waals surface area contributed by atoms with E-state index in [1.165, 1.54) is 4.90 Å². The number of imide groups is 1. The Kier molecular flexibility index (Phi) is 8.73. The average Bonchev–Trinajstić information content (AvgIpc) is 3.67. The van der Waals surface area contributed by atoms with Gasteiger partial charge in [-0.1, -0.05) is 48.5 Å². The van der Waals surface area contributed by atoms with E-state index in [0.717, 1.165) is 48.8 Å². The minimum absolute atomic E-state index is 0.142. The molecule has 2 aliphatic heterocycles. The third-order valence-electron chi connectivity index (χ3n) is 8.78. The summed E-state index contributed by atoms with van der Waals surface area (Å²) in [6.45, 7) is 0.663. The highest BCUT2D eigenvalue weighted by Crippen LogP contribution is 2.34. The number of nitrogens with one attached hydrogen (secondary N) is 1. The van der Waals surface area contributed by atoms with Gasteiger partial charge < -0.3 is 14.4 Å². The van der Waals surface area contributed by atoms with Crippen LogP contribution in [0.4, 0.5) is 0 Å². The first-order valence-corrected chi connectivity index (χ1v) is 16.7. The van der Waals surface area contributed by atoms with E-state index in [1.807, 2.05) is 48.5 Å². The van der Waals surface area contributed by atoms with Gasteiger partial charge in [0.25, 0.3) is 5.91 Å². The molecule has 9 nitrogen and oxygen atoms in total. The van der Waals surface area contributed by atoms with Crippen molar-refractivity contribution in [3.05, 3.63) is 102 Å². The predicted octanol–water partition coefficient (Wildman–Crippen LogP) is 6.37. The van der Waals surface area contributed by atoms with Crippen LogP contribution in [0.1, 0.15) is 47.2 Å². The van der Waals surface area contributed by atoms with Crippen LogP contribution in [-0.4, -0.2) is 53.1 Å². The van der Waals surface area contributed by atoms with E-state index in [2.05, 4.69) is 29.6 Å².